The molecule has 2 N–H and O–H groups in total. The number of aromatic nitrogens is 1. The molecular formula is C16H15N3S. The zero-order chi connectivity index (χ0) is 14.1. The molecule has 0 spiro atoms. The van der Waals surface area contributed by atoms with Crippen LogP contribution in [-0.2, 0) is 12.8 Å². The lowest BCUT2D eigenvalue weighted by Gasteiger charge is -2.17. The third-order valence-electron chi connectivity index (χ3n) is 3.62. The Morgan fingerprint density at radius 1 is 1.45 bits per heavy atom. The smallest absolute Gasteiger partial charge is 0.130 e. The van der Waals surface area contributed by atoms with Crippen LogP contribution in [0.1, 0.15) is 29.5 Å². The van der Waals surface area contributed by atoms with E-state index in [9.17, 15) is 0 Å². The number of allylic oxidation sites excluding steroid dienone is 4. The van der Waals surface area contributed by atoms with Crippen LogP contribution in [-0.4, -0.2) is 4.98 Å². The number of nitrogens with zero attached hydrogens (tertiary/aromatic N) is 2. The third kappa shape index (κ3) is 2.10. The molecule has 1 aliphatic rings. The molecule has 3 nitrogen and oxygen atoms in total. The summed E-state index contributed by atoms with van der Waals surface area (Å²) in [4.78, 5) is 6.16. The minimum Gasteiger partial charge on any atom is -0.396 e. The highest BCUT2D eigenvalue weighted by molar-refractivity contribution is 7.19. The van der Waals surface area contributed by atoms with Gasteiger partial charge >= 0.3 is 0 Å². The van der Waals surface area contributed by atoms with E-state index < -0.39 is 0 Å². The van der Waals surface area contributed by atoms with Crippen LogP contribution in [0, 0.1) is 11.3 Å². The number of fused-ring (bicyclic) bond motifs is 2. The molecule has 0 fully saturated rings. The van der Waals surface area contributed by atoms with Crippen molar-refractivity contribution in [2.45, 2.75) is 26.2 Å². The molecule has 0 aliphatic heterocycles. The second kappa shape index (κ2) is 5.10. The van der Waals surface area contributed by atoms with Crippen LogP contribution in [0.15, 0.2) is 29.9 Å². The Balaban J connectivity index is 2.09. The van der Waals surface area contributed by atoms with E-state index in [1.54, 1.807) is 0 Å². The van der Waals surface area contributed by atoms with Gasteiger partial charge < -0.3 is 5.73 Å². The van der Waals surface area contributed by atoms with Gasteiger partial charge in [-0.3, -0.25) is 0 Å². The summed E-state index contributed by atoms with van der Waals surface area (Å²) in [6, 6.07) is 4.26. The number of pyridine rings is 1. The summed E-state index contributed by atoms with van der Waals surface area (Å²) in [7, 11) is 0. The lowest BCUT2D eigenvalue weighted by atomic mass is 9.90. The minimum atomic E-state index is 0.569. The first kappa shape index (κ1) is 12.9. The van der Waals surface area contributed by atoms with Crippen LogP contribution in [0.5, 0.6) is 0 Å². The van der Waals surface area contributed by atoms with Crippen molar-refractivity contribution in [1.29, 1.82) is 5.26 Å². The Hall–Kier alpha value is -2.12. The zero-order valence-corrected chi connectivity index (χ0v) is 12.1. The first-order valence-electron chi connectivity index (χ1n) is 6.64. The van der Waals surface area contributed by atoms with Crippen LogP contribution < -0.4 is 5.73 Å². The molecule has 0 saturated carbocycles. The fourth-order valence-corrected chi connectivity index (χ4v) is 3.45. The van der Waals surface area contributed by atoms with Gasteiger partial charge in [0.05, 0.1) is 5.69 Å². The molecule has 1 aliphatic carbocycles. The molecule has 20 heavy (non-hydrogen) atoms. The molecule has 2 heterocycles. The monoisotopic (exact) mass is 281 g/mol. The lowest BCUT2D eigenvalue weighted by Crippen LogP contribution is -2.07. The Kier molecular flexibility index (Phi) is 3.29. The minimum absolute atomic E-state index is 0.569. The van der Waals surface area contributed by atoms with E-state index in [1.165, 1.54) is 22.5 Å². The standard InChI is InChI=1S/C16H15N3S/c1-2-3-4-10-5-6-13-11(7-10)8-12-15(18)14(9-17)20-16(12)19-13/h2-4,8H,5-7,18H2,1H3/b3-2+,10-4+. The summed E-state index contributed by atoms with van der Waals surface area (Å²) < 4.78 is 0. The molecule has 0 bridgehead atoms. The number of nitrogen functional groups attached to an aromatic ring is 1. The summed E-state index contributed by atoms with van der Waals surface area (Å²) in [5, 5.41) is 9.99. The molecular weight excluding hydrogens is 266 g/mol. The molecule has 0 atom stereocenters. The zero-order valence-electron chi connectivity index (χ0n) is 11.3. The van der Waals surface area contributed by atoms with E-state index in [1.807, 2.05) is 13.0 Å². The SMILES string of the molecule is C/C=C/C=C1\CCc2nc3sc(C#N)c(N)c3cc2C1. The van der Waals surface area contributed by atoms with Gasteiger partial charge in [-0.2, -0.15) is 5.26 Å². The summed E-state index contributed by atoms with van der Waals surface area (Å²) >= 11 is 1.39. The fourth-order valence-electron chi connectivity index (χ4n) is 2.56. The number of thiophene rings is 1. The van der Waals surface area contributed by atoms with Gasteiger partial charge in [-0.25, -0.2) is 4.98 Å². The predicted molar refractivity (Wildman–Crippen MR) is 83.7 cm³/mol. The van der Waals surface area contributed by atoms with E-state index in [4.69, 9.17) is 16.0 Å². The van der Waals surface area contributed by atoms with Crippen molar-refractivity contribution >= 4 is 27.2 Å². The third-order valence-corrected chi connectivity index (χ3v) is 4.64. The highest BCUT2D eigenvalue weighted by Crippen LogP contribution is 2.35. The van der Waals surface area contributed by atoms with Gasteiger partial charge in [0.2, 0.25) is 0 Å². The summed E-state index contributed by atoms with van der Waals surface area (Å²) in [6.45, 7) is 2.02. The average Bonchev–Trinajstić information content (AvgIpc) is 2.78. The van der Waals surface area contributed by atoms with Gasteiger partial charge in [0, 0.05) is 11.1 Å². The molecule has 0 amide bonds. The van der Waals surface area contributed by atoms with Crippen LogP contribution in [0.25, 0.3) is 10.2 Å². The summed E-state index contributed by atoms with van der Waals surface area (Å²) in [6.07, 6.45) is 9.26. The van der Waals surface area contributed by atoms with Crippen LogP contribution >= 0.6 is 11.3 Å². The van der Waals surface area contributed by atoms with Gasteiger partial charge in [0.25, 0.3) is 0 Å². The van der Waals surface area contributed by atoms with Crippen molar-refractivity contribution in [2.75, 3.05) is 5.73 Å². The van der Waals surface area contributed by atoms with Gasteiger partial charge in [0.15, 0.2) is 0 Å². The molecule has 100 valence electrons. The highest BCUT2D eigenvalue weighted by Gasteiger charge is 2.18. The average molecular weight is 281 g/mol. The van der Waals surface area contributed by atoms with E-state index in [0.717, 1.165) is 35.2 Å². The first-order valence-corrected chi connectivity index (χ1v) is 7.46. The van der Waals surface area contributed by atoms with Crippen molar-refractivity contribution in [2.24, 2.45) is 0 Å². The van der Waals surface area contributed by atoms with Crippen molar-refractivity contribution < 1.29 is 0 Å². The van der Waals surface area contributed by atoms with Crippen LogP contribution in [0.3, 0.4) is 0 Å². The summed E-state index contributed by atoms with van der Waals surface area (Å²) in [5.41, 5.74) is 10.4. The molecule has 0 aromatic carbocycles. The Morgan fingerprint density at radius 3 is 3.05 bits per heavy atom. The first-order chi connectivity index (χ1) is 9.72. The summed E-state index contributed by atoms with van der Waals surface area (Å²) in [5.74, 6) is 0. The number of nitrogens with two attached hydrogens (primary N) is 1. The molecule has 4 heteroatoms. The second-order valence-electron chi connectivity index (χ2n) is 4.93. The maximum absolute atomic E-state index is 9.06. The van der Waals surface area contributed by atoms with Crippen LogP contribution in [0.2, 0.25) is 0 Å². The van der Waals surface area contributed by atoms with Gasteiger partial charge in [-0.15, -0.1) is 11.3 Å². The molecule has 0 saturated heterocycles. The molecule has 0 radical (unpaired) electrons. The lowest BCUT2D eigenvalue weighted by molar-refractivity contribution is 0.810. The predicted octanol–water partition coefficient (Wildman–Crippen LogP) is 3.74. The van der Waals surface area contributed by atoms with Gasteiger partial charge in [0.1, 0.15) is 15.8 Å². The number of nitriles is 1. The molecule has 2 aromatic heterocycles. The Labute approximate surface area is 122 Å². The Morgan fingerprint density at radius 2 is 2.30 bits per heavy atom. The van der Waals surface area contributed by atoms with E-state index in [0.29, 0.717) is 10.6 Å². The topological polar surface area (TPSA) is 62.7 Å². The van der Waals surface area contributed by atoms with E-state index in [-0.39, 0.29) is 0 Å². The molecule has 3 rings (SSSR count). The largest absolute Gasteiger partial charge is 0.396 e. The fraction of sp³-hybridized carbons (Fsp3) is 0.250. The maximum atomic E-state index is 9.06. The van der Waals surface area contributed by atoms with Crippen molar-refractivity contribution in [3.05, 3.63) is 46.0 Å². The normalized spacial score (nSPS) is 16.7. The van der Waals surface area contributed by atoms with Crippen molar-refractivity contribution in [1.82, 2.24) is 4.98 Å². The number of hydrogen-bond donors (Lipinski definition) is 1. The van der Waals surface area contributed by atoms with E-state index >= 15 is 0 Å². The van der Waals surface area contributed by atoms with Crippen molar-refractivity contribution in [3.8, 4) is 6.07 Å². The maximum Gasteiger partial charge on any atom is 0.130 e. The molecule has 0 unspecified atom stereocenters. The number of hydrogen-bond acceptors (Lipinski definition) is 4. The quantitative estimate of drug-likeness (QED) is 0.866. The van der Waals surface area contributed by atoms with Gasteiger partial charge in [-0.1, -0.05) is 23.8 Å². The van der Waals surface area contributed by atoms with Crippen LogP contribution in [0.4, 0.5) is 5.69 Å². The molecule has 2 aromatic rings. The number of rotatable bonds is 1. The van der Waals surface area contributed by atoms with E-state index in [2.05, 4.69) is 24.3 Å². The highest BCUT2D eigenvalue weighted by atomic mass is 32.1. The van der Waals surface area contributed by atoms with Gasteiger partial charge in [-0.05, 0) is 37.8 Å². The number of aryl methyl sites for hydroxylation is 1. The van der Waals surface area contributed by atoms with Crippen molar-refractivity contribution in [3.63, 3.8) is 0 Å². The second-order valence-corrected chi connectivity index (χ2v) is 5.93. The number of anilines is 1. The Bertz CT molecular complexity index is 775.